The predicted octanol–water partition coefficient (Wildman–Crippen LogP) is 1.13. The van der Waals surface area contributed by atoms with Gasteiger partial charge in [0, 0.05) is 0 Å². The Hall–Kier alpha value is -0.660. The molecule has 0 saturated carbocycles. The zero-order valence-corrected chi connectivity index (χ0v) is 2.69. The first-order valence-corrected chi connectivity index (χ1v) is 1.17. The lowest BCUT2D eigenvalue weighted by atomic mass is 10.7. The van der Waals surface area contributed by atoms with E-state index in [9.17, 15) is 4.48 Å². The second-order valence-electron chi connectivity index (χ2n) is 0.482. The van der Waals surface area contributed by atoms with Crippen LogP contribution in [-0.2, 0) is 0 Å². The molecule has 0 saturated heterocycles. The molecule has 0 fully saturated rings. The van der Waals surface area contributed by atoms with Crippen molar-refractivity contribution >= 4 is 6.21 Å². The quantitative estimate of drug-likeness (QED) is 0.412. The third-order valence-electron chi connectivity index (χ3n) is 0.162. The second kappa shape index (κ2) is 3.34. The molecule has 0 aromatic heterocycles. The lowest BCUT2D eigenvalue weighted by Crippen LogP contribution is -1.47. The van der Waals surface area contributed by atoms with E-state index < -0.39 is 0 Å². The van der Waals surface area contributed by atoms with Crippen LogP contribution in [0.25, 0.3) is 0 Å². The fourth-order valence-corrected chi connectivity index (χ4v) is 0.0398. The highest BCUT2D eigenvalue weighted by atomic mass is 19.2. The molecule has 0 radical (unpaired) electrons. The van der Waals surface area contributed by atoms with Crippen LogP contribution in [0.4, 0.5) is 4.48 Å². The molecular formula is C3H4FN. The van der Waals surface area contributed by atoms with Crippen LogP contribution in [0.3, 0.4) is 0 Å². The molecule has 2 heteroatoms. The van der Waals surface area contributed by atoms with Gasteiger partial charge in [0.1, 0.15) is 0 Å². The van der Waals surface area contributed by atoms with E-state index in [0.717, 1.165) is 6.21 Å². The Morgan fingerprint density at radius 1 is 1.80 bits per heavy atom. The van der Waals surface area contributed by atoms with Gasteiger partial charge in [0.2, 0.25) is 0 Å². The molecule has 0 amide bonds. The fourth-order valence-electron chi connectivity index (χ4n) is 0.0398. The minimum Gasteiger partial charge on any atom is -0.0974 e. The van der Waals surface area contributed by atoms with Crippen molar-refractivity contribution in [3.05, 3.63) is 12.7 Å². The third-order valence-corrected chi connectivity index (χ3v) is 0.162. The Bertz CT molecular complexity index is 48.9. The first kappa shape index (κ1) is 4.34. The first-order valence-electron chi connectivity index (χ1n) is 1.17. The van der Waals surface area contributed by atoms with Gasteiger partial charge >= 0.3 is 0 Å². The molecule has 28 valence electrons. The third kappa shape index (κ3) is 3.34. The average molecular weight is 73.1 g/mol. The van der Waals surface area contributed by atoms with Crippen LogP contribution in [0.5, 0.6) is 0 Å². The van der Waals surface area contributed by atoms with Crippen LogP contribution in [0.15, 0.2) is 17.9 Å². The van der Waals surface area contributed by atoms with Gasteiger partial charge in [-0.25, -0.2) is 0 Å². The molecule has 0 heterocycles. The number of hydrogen-bond acceptors (Lipinski definition) is 1. The van der Waals surface area contributed by atoms with Crippen molar-refractivity contribution in [3.8, 4) is 0 Å². The average Bonchev–Trinajstić information content (AvgIpc) is 1.41. The van der Waals surface area contributed by atoms with Gasteiger partial charge in [0.25, 0.3) is 0 Å². The minimum atomic E-state index is 0.972. The van der Waals surface area contributed by atoms with Gasteiger partial charge in [0.15, 0.2) is 0 Å². The van der Waals surface area contributed by atoms with E-state index in [1.807, 2.05) is 0 Å². The summed E-state index contributed by atoms with van der Waals surface area (Å²) < 4.78 is 10.5. The molecule has 5 heavy (non-hydrogen) atoms. The molecule has 0 rings (SSSR count). The van der Waals surface area contributed by atoms with Gasteiger partial charge in [-0.3, -0.25) is 0 Å². The SMILES string of the molecule is C=C/C=N/F. The van der Waals surface area contributed by atoms with Gasteiger partial charge < -0.3 is 0 Å². The molecule has 0 aromatic rings. The normalized spacial score (nSPS) is 9.00. The van der Waals surface area contributed by atoms with Gasteiger partial charge in [0.05, 0.1) is 6.21 Å². The standard InChI is InChI=1S/C3H4FN/c1-2-3-5-4/h2-3H,1H2/b5-3+. The minimum absolute atomic E-state index is 0.972. The fraction of sp³-hybridized carbons (Fsp3) is 0. The largest absolute Gasteiger partial charge is 0.0974 e. The van der Waals surface area contributed by atoms with E-state index in [-0.39, 0.29) is 0 Å². The van der Waals surface area contributed by atoms with Crippen molar-refractivity contribution in [1.82, 2.24) is 0 Å². The van der Waals surface area contributed by atoms with E-state index in [1.165, 1.54) is 6.08 Å². The lowest BCUT2D eigenvalue weighted by molar-refractivity contribution is 0.542. The highest BCUT2D eigenvalue weighted by Gasteiger charge is 1.46. The summed E-state index contributed by atoms with van der Waals surface area (Å²) in [6.45, 7) is 3.16. The Labute approximate surface area is 29.8 Å². The second-order valence-corrected chi connectivity index (χ2v) is 0.482. The number of nitrogens with zero attached hydrogens (tertiary/aromatic N) is 1. The van der Waals surface area contributed by atoms with E-state index in [1.54, 1.807) is 0 Å². The summed E-state index contributed by atoms with van der Waals surface area (Å²) in [4.78, 5) is 0. The summed E-state index contributed by atoms with van der Waals surface area (Å²) in [5.41, 5.74) is 0. The first-order chi connectivity index (χ1) is 2.41. The molecular weight excluding hydrogens is 69.0 g/mol. The van der Waals surface area contributed by atoms with Gasteiger partial charge in [-0.2, -0.15) is 0 Å². The molecule has 0 N–H and O–H groups in total. The van der Waals surface area contributed by atoms with Crippen LogP contribution in [0.1, 0.15) is 0 Å². The van der Waals surface area contributed by atoms with Crippen LogP contribution < -0.4 is 0 Å². The summed E-state index contributed by atoms with van der Waals surface area (Å²) in [6.07, 6.45) is 2.24. The summed E-state index contributed by atoms with van der Waals surface area (Å²) in [7, 11) is 0. The van der Waals surface area contributed by atoms with Crippen molar-refractivity contribution in [2.24, 2.45) is 5.21 Å². The summed E-state index contributed by atoms with van der Waals surface area (Å²) in [5.74, 6) is 0. The number of allylic oxidation sites excluding steroid dienone is 1. The summed E-state index contributed by atoms with van der Waals surface area (Å²) in [5, 5.41) is 2.11. The topological polar surface area (TPSA) is 12.4 Å². The molecule has 0 aliphatic rings. The highest BCUT2D eigenvalue weighted by molar-refractivity contribution is 5.69. The molecule has 0 aliphatic carbocycles. The number of hydrogen-bond donors (Lipinski definition) is 0. The van der Waals surface area contributed by atoms with E-state index >= 15 is 0 Å². The van der Waals surface area contributed by atoms with Gasteiger partial charge in [-0.05, 0) is 6.08 Å². The summed E-state index contributed by atoms with van der Waals surface area (Å²) >= 11 is 0. The Morgan fingerprint density at radius 3 is 2.40 bits per heavy atom. The smallest absolute Gasteiger partial charge is 0.0593 e. The number of halogens is 1. The van der Waals surface area contributed by atoms with Gasteiger partial charge in [-0.1, -0.05) is 16.3 Å². The molecule has 0 unspecified atom stereocenters. The van der Waals surface area contributed by atoms with Crippen molar-refractivity contribution in [2.45, 2.75) is 0 Å². The lowest BCUT2D eigenvalue weighted by Gasteiger charge is -1.52. The zero-order valence-electron chi connectivity index (χ0n) is 2.69. The number of rotatable bonds is 1. The molecule has 0 bridgehead atoms. The monoisotopic (exact) mass is 73.0 g/mol. The maximum absolute atomic E-state index is 10.5. The Balaban J connectivity index is 2.92. The van der Waals surface area contributed by atoms with Crippen molar-refractivity contribution in [2.75, 3.05) is 0 Å². The van der Waals surface area contributed by atoms with E-state index in [4.69, 9.17) is 0 Å². The van der Waals surface area contributed by atoms with E-state index in [2.05, 4.69) is 11.8 Å². The van der Waals surface area contributed by atoms with Crippen LogP contribution in [-0.4, -0.2) is 6.21 Å². The van der Waals surface area contributed by atoms with Gasteiger partial charge in [-0.15, -0.1) is 0 Å². The van der Waals surface area contributed by atoms with Crippen LogP contribution >= 0.6 is 0 Å². The van der Waals surface area contributed by atoms with Crippen molar-refractivity contribution in [3.63, 3.8) is 0 Å². The Kier molecular flexibility index (Phi) is 2.90. The predicted molar refractivity (Wildman–Crippen MR) is 19.8 cm³/mol. The van der Waals surface area contributed by atoms with Crippen molar-refractivity contribution in [1.29, 1.82) is 0 Å². The molecule has 0 spiro atoms. The highest BCUT2D eigenvalue weighted by Crippen LogP contribution is 1.58. The van der Waals surface area contributed by atoms with Crippen LogP contribution in [0, 0.1) is 0 Å². The zero-order chi connectivity index (χ0) is 4.12. The Morgan fingerprint density at radius 2 is 2.40 bits per heavy atom. The molecule has 1 nitrogen and oxygen atoms in total. The maximum Gasteiger partial charge on any atom is 0.0593 e. The van der Waals surface area contributed by atoms with Crippen LogP contribution in [0.2, 0.25) is 0 Å². The molecule has 0 aliphatic heterocycles. The molecule has 0 atom stereocenters. The molecule has 0 aromatic carbocycles. The summed E-state index contributed by atoms with van der Waals surface area (Å²) in [6, 6.07) is 0. The van der Waals surface area contributed by atoms with E-state index in [0.29, 0.717) is 0 Å². The maximum atomic E-state index is 10.5. The van der Waals surface area contributed by atoms with Crippen molar-refractivity contribution < 1.29 is 4.48 Å².